The van der Waals surface area contributed by atoms with Crippen molar-refractivity contribution in [1.29, 1.82) is 0 Å². The van der Waals surface area contributed by atoms with Crippen LogP contribution in [0.1, 0.15) is 29.7 Å². The van der Waals surface area contributed by atoms with Gasteiger partial charge in [0, 0.05) is 39.0 Å². The molecule has 0 radical (unpaired) electrons. The second-order valence-corrected chi connectivity index (χ2v) is 6.87. The van der Waals surface area contributed by atoms with Gasteiger partial charge in [0.05, 0.1) is 18.4 Å². The Balaban J connectivity index is 1.48. The Bertz CT molecular complexity index is 758. The van der Waals surface area contributed by atoms with Gasteiger partial charge in [-0.05, 0) is 49.4 Å². The largest absolute Gasteiger partial charge is 0.384 e. The highest BCUT2D eigenvalue weighted by atomic mass is 16.5. The van der Waals surface area contributed by atoms with Gasteiger partial charge in [-0.3, -0.25) is 9.48 Å². The van der Waals surface area contributed by atoms with Crippen molar-refractivity contribution in [2.75, 3.05) is 25.4 Å². The monoisotopic (exact) mass is 357 g/mol. The van der Waals surface area contributed by atoms with Gasteiger partial charge in [0.1, 0.15) is 5.82 Å². The van der Waals surface area contributed by atoms with Gasteiger partial charge in [-0.25, -0.2) is 4.98 Å². The summed E-state index contributed by atoms with van der Waals surface area (Å²) >= 11 is 0. The van der Waals surface area contributed by atoms with Crippen LogP contribution in [-0.2, 0) is 29.4 Å². The van der Waals surface area contributed by atoms with Crippen molar-refractivity contribution in [3.05, 3.63) is 41.3 Å². The third-order valence-corrected chi connectivity index (χ3v) is 4.82. The van der Waals surface area contributed by atoms with E-state index in [1.165, 1.54) is 0 Å². The number of morpholine rings is 1. The summed E-state index contributed by atoms with van der Waals surface area (Å²) < 4.78 is 7.64. The molecular formula is C19H27N5O2. The second kappa shape index (κ2) is 8.31. The number of hydrogen-bond acceptors (Lipinski definition) is 5. The first-order valence-corrected chi connectivity index (χ1v) is 9.10. The van der Waals surface area contributed by atoms with Crippen molar-refractivity contribution in [2.24, 2.45) is 7.05 Å². The Labute approximate surface area is 154 Å². The summed E-state index contributed by atoms with van der Waals surface area (Å²) in [5.74, 6) is 0.726. The molecule has 7 heteroatoms. The van der Waals surface area contributed by atoms with E-state index >= 15 is 0 Å². The molecule has 0 bridgehead atoms. The molecular weight excluding hydrogens is 330 g/mol. The Morgan fingerprint density at radius 3 is 3.00 bits per heavy atom. The van der Waals surface area contributed by atoms with Crippen LogP contribution in [0.3, 0.4) is 0 Å². The van der Waals surface area contributed by atoms with Crippen LogP contribution < -0.4 is 5.73 Å². The number of nitrogens with two attached hydrogens (primary N) is 1. The van der Waals surface area contributed by atoms with Crippen LogP contribution in [0.25, 0.3) is 0 Å². The Hall–Kier alpha value is -2.41. The van der Waals surface area contributed by atoms with Crippen molar-refractivity contribution in [3.8, 4) is 0 Å². The first-order valence-electron chi connectivity index (χ1n) is 9.10. The van der Waals surface area contributed by atoms with Gasteiger partial charge in [-0.2, -0.15) is 5.10 Å². The number of rotatable bonds is 6. The quantitative estimate of drug-likeness (QED) is 0.847. The van der Waals surface area contributed by atoms with E-state index in [9.17, 15) is 4.79 Å². The van der Waals surface area contributed by atoms with Gasteiger partial charge in [0.15, 0.2) is 0 Å². The fourth-order valence-electron chi connectivity index (χ4n) is 3.39. The molecule has 1 aliphatic heterocycles. The number of nitrogens with zero attached hydrogens (tertiary/aromatic N) is 4. The molecule has 0 aliphatic carbocycles. The summed E-state index contributed by atoms with van der Waals surface area (Å²) in [6, 6.07) is 3.86. The Kier molecular flexibility index (Phi) is 5.88. The number of carbonyl (C=O) groups excluding carboxylic acids is 1. The van der Waals surface area contributed by atoms with E-state index in [0.29, 0.717) is 31.9 Å². The lowest BCUT2D eigenvalue weighted by Crippen LogP contribution is -2.45. The summed E-state index contributed by atoms with van der Waals surface area (Å²) in [5.41, 5.74) is 9.01. The number of ether oxygens (including phenoxy) is 1. The Morgan fingerprint density at radius 2 is 2.27 bits per heavy atom. The van der Waals surface area contributed by atoms with Gasteiger partial charge in [0.2, 0.25) is 5.91 Å². The summed E-state index contributed by atoms with van der Waals surface area (Å²) in [6.45, 7) is 3.91. The molecule has 0 aromatic carbocycles. The van der Waals surface area contributed by atoms with Gasteiger partial charge >= 0.3 is 0 Å². The molecule has 1 fully saturated rings. The summed E-state index contributed by atoms with van der Waals surface area (Å²) in [6.07, 6.45) is 6.77. The average Bonchev–Trinajstić information content (AvgIpc) is 2.95. The van der Waals surface area contributed by atoms with Crippen molar-refractivity contribution in [2.45, 2.75) is 38.7 Å². The molecule has 1 atom stereocenters. The normalized spacial score (nSPS) is 17.5. The van der Waals surface area contributed by atoms with Crippen LogP contribution in [0.5, 0.6) is 0 Å². The maximum absolute atomic E-state index is 12.6. The predicted octanol–water partition coefficient (Wildman–Crippen LogP) is 1.50. The number of aromatic nitrogens is 3. The fraction of sp³-hybridized carbons (Fsp3) is 0.526. The third kappa shape index (κ3) is 4.82. The minimum absolute atomic E-state index is 0.0715. The van der Waals surface area contributed by atoms with E-state index in [1.807, 2.05) is 37.2 Å². The fourth-order valence-corrected chi connectivity index (χ4v) is 3.39. The lowest BCUT2D eigenvalue weighted by Gasteiger charge is -2.33. The number of anilines is 1. The van der Waals surface area contributed by atoms with Gasteiger partial charge in [-0.15, -0.1) is 0 Å². The zero-order valence-corrected chi connectivity index (χ0v) is 15.5. The summed E-state index contributed by atoms with van der Waals surface area (Å²) in [5, 5.41) is 4.33. The predicted molar refractivity (Wildman–Crippen MR) is 99.6 cm³/mol. The maximum Gasteiger partial charge on any atom is 0.223 e. The van der Waals surface area contributed by atoms with Gasteiger partial charge in [0.25, 0.3) is 0 Å². The van der Waals surface area contributed by atoms with Crippen LogP contribution >= 0.6 is 0 Å². The van der Waals surface area contributed by atoms with Crippen LogP contribution in [0.2, 0.25) is 0 Å². The number of nitrogen functional groups attached to an aromatic ring is 1. The molecule has 1 saturated heterocycles. The van der Waals surface area contributed by atoms with Crippen molar-refractivity contribution < 1.29 is 9.53 Å². The number of pyridine rings is 1. The number of amides is 1. The molecule has 0 unspecified atom stereocenters. The van der Waals surface area contributed by atoms with E-state index in [1.54, 1.807) is 10.9 Å². The maximum atomic E-state index is 12.6. The summed E-state index contributed by atoms with van der Waals surface area (Å²) in [4.78, 5) is 18.5. The third-order valence-electron chi connectivity index (χ3n) is 4.82. The van der Waals surface area contributed by atoms with Crippen molar-refractivity contribution in [3.63, 3.8) is 0 Å². The van der Waals surface area contributed by atoms with Crippen molar-refractivity contribution in [1.82, 2.24) is 19.7 Å². The zero-order valence-electron chi connectivity index (χ0n) is 15.5. The minimum atomic E-state index is 0.0715. The molecule has 3 heterocycles. The lowest BCUT2D eigenvalue weighted by atomic mass is 10.1. The van der Waals surface area contributed by atoms with Crippen LogP contribution in [-0.4, -0.2) is 51.4 Å². The van der Waals surface area contributed by atoms with E-state index in [0.717, 1.165) is 36.1 Å². The van der Waals surface area contributed by atoms with Crippen LogP contribution in [0, 0.1) is 6.92 Å². The topological polar surface area (TPSA) is 86.3 Å². The smallest absolute Gasteiger partial charge is 0.223 e. The lowest BCUT2D eigenvalue weighted by molar-refractivity contribution is -0.138. The van der Waals surface area contributed by atoms with Gasteiger partial charge < -0.3 is 15.4 Å². The number of aryl methyl sites for hydroxylation is 4. The van der Waals surface area contributed by atoms with Crippen LogP contribution in [0.4, 0.5) is 5.82 Å². The molecule has 2 aromatic heterocycles. The van der Waals surface area contributed by atoms with E-state index < -0.39 is 0 Å². The number of hydrogen-bond donors (Lipinski definition) is 1. The highest BCUT2D eigenvalue weighted by Gasteiger charge is 2.24. The van der Waals surface area contributed by atoms with Gasteiger partial charge in [-0.1, -0.05) is 0 Å². The van der Waals surface area contributed by atoms with E-state index in [2.05, 4.69) is 10.1 Å². The molecule has 1 aliphatic rings. The highest BCUT2D eigenvalue weighted by molar-refractivity contribution is 5.76. The number of carbonyl (C=O) groups is 1. The van der Waals surface area contributed by atoms with Crippen LogP contribution in [0.15, 0.2) is 24.5 Å². The molecule has 2 N–H and O–H groups in total. The molecule has 2 aromatic rings. The molecule has 0 saturated carbocycles. The first kappa shape index (κ1) is 18.4. The molecule has 7 nitrogen and oxygen atoms in total. The molecule has 140 valence electrons. The average molecular weight is 357 g/mol. The molecule has 3 rings (SSSR count). The first-order chi connectivity index (χ1) is 12.5. The zero-order chi connectivity index (χ0) is 18.5. The van der Waals surface area contributed by atoms with Crippen molar-refractivity contribution >= 4 is 11.7 Å². The van der Waals surface area contributed by atoms with E-state index in [4.69, 9.17) is 10.5 Å². The standard InChI is InChI=1S/C19H27N5O2/c1-14-16(12-23(2)22-14)4-6-19(25)24-9-10-26-17(13-24)5-3-15-7-8-21-18(20)11-15/h7-8,11-12,17H,3-6,9-10,13H2,1-2H3,(H2,20,21)/t17-/m0/s1. The molecule has 26 heavy (non-hydrogen) atoms. The SMILES string of the molecule is Cc1nn(C)cc1CCC(=O)N1CCO[C@@H](CCc2ccnc(N)c2)C1. The molecule has 1 amide bonds. The minimum Gasteiger partial charge on any atom is -0.384 e. The Morgan fingerprint density at radius 1 is 1.42 bits per heavy atom. The second-order valence-electron chi connectivity index (χ2n) is 6.87. The highest BCUT2D eigenvalue weighted by Crippen LogP contribution is 2.15. The summed E-state index contributed by atoms with van der Waals surface area (Å²) in [7, 11) is 1.90. The molecule has 0 spiro atoms. The van der Waals surface area contributed by atoms with E-state index in [-0.39, 0.29) is 12.0 Å².